The summed E-state index contributed by atoms with van der Waals surface area (Å²) in [4.78, 5) is 11.5. The Morgan fingerprint density at radius 1 is 1.47 bits per heavy atom. The minimum absolute atomic E-state index is 0.178. The number of carbonyl (C=O) groups excluding carboxylic acids is 1. The molecule has 0 aromatic heterocycles. The summed E-state index contributed by atoms with van der Waals surface area (Å²) in [5, 5.41) is 6.16. The summed E-state index contributed by atoms with van der Waals surface area (Å²) >= 11 is 0. The van der Waals surface area contributed by atoms with Crippen molar-refractivity contribution in [1.82, 2.24) is 10.6 Å². The zero-order valence-electron chi connectivity index (χ0n) is 9.13. The third kappa shape index (κ3) is 3.47. The van der Waals surface area contributed by atoms with Gasteiger partial charge in [-0.15, -0.1) is 0 Å². The Bertz CT molecular complexity index is 211. The van der Waals surface area contributed by atoms with Gasteiger partial charge in [-0.2, -0.15) is 0 Å². The lowest BCUT2D eigenvalue weighted by atomic mass is 10.0. The average molecular weight is 212 g/mol. The predicted octanol–water partition coefficient (Wildman–Crippen LogP) is 0.281. The van der Waals surface area contributed by atoms with E-state index in [4.69, 9.17) is 4.74 Å². The zero-order chi connectivity index (χ0) is 10.5. The molecule has 4 nitrogen and oxygen atoms in total. The quantitative estimate of drug-likeness (QED) is 0.688. The van der Waals surface area contributed by atoms with Gasteiger partial charge in [0.15, 0.2) is 0 Å². The van der Waals surface area contributed by atoms with E-state index >= 15 is 0 Å². The fraction of sp³-hybridized carbons (Fsp3) is 0.909. The molecule has 2 fully saturated rings. The lowest BCUT2D eigenvalue weighted by molar-refractivity contribution is -0.121. The van der Waals surface area contributed by atoms with Crippen molar-refractivity contribution in [3.63, 3.8) is 0 Å². The van der Waals surface area contributed by atoms with E-state index < -0.39 is 0 Å². The van der Waals surface area contributed by atoms with Crippen LogP contribution in [0.15, 0.2) is 0 Å². The average Bonchev–Trinajstić information content (AvgIpc) is 2.64. The van der Waals surface area contributed by atoms with Crippen LogP contribution in [0.4, 0.5) is 0 Å². The Labute approximate surface area is 90.8 Å². The van der Waals surface area contributed by atoms with Gasteiger partial charge in [-0.05, 0) is 19.3 Å². The molecule has 0 aromatic carbocycles. The Morgan fingerprint density at radius 3 is 2.93 bits per heavy atom. The molecule has 2 aliphatic heterocycles. The predicted molar refractivity (Wildman–Crippen MR) is 57.6 cm³/mol. The van der Waals surface area contributed by atoms with Crippen LogP contribution in [-0.2, 0) is 9.53 Å². The molecule has 1 atom stereocenters. The standard InChI is InChI=1S/C11H20N2O2/c14-11(13-8-9-6-12-7-9)4-3-10-2-1-5-15-10/h9-10,12H,1-8H2,(H,13,14). The molecule has 2 N–H and O–H groups in total. The summed E-state index contributed by atoms with van der Waals surface area (Å²) in [7, 11) is 0. The van der Waals surface area contributed by atoms with Crippen molar-refractivity contribution in [1.29, 1.82) is 0 Å². The number of hydrogen-bond acceptors (Lipinski definition) is 3. The molecule has 2 aliphatic rings. The van der Waals surface area contributed by atoms with Gasteiger partial charge in [-0.1, -0.05) is 0 Å². The summed E-state index contributed by atoms with van der Waals surface area (Å²) in [6, 6.07) is 0. The van der Waals surface area contributed by atoms with Crippen molar-refractivity contribution in [2.24, 2.45) is 5.92 Å². The molecule has 0 spiro atoms. The molecule has 0 bridgehead atoms. The Balaban J connectivity index is 1.51. The molecular weight excluding hydrogens is 192 g/mol. The Morgan fingerprint density at radius 2 is 2.33 bits per heavy atom. The Kier molecular flexibility index (Phi) is 3.97. The number of nitrogens with one attached hydrogen (secondary N) is 2. The summed E-state index contributed by atoms with van der Waals surface area (Å²) in [5.41, 5.74) is 0. The molecule has 2 rings (SSSR count). The number of amides is 1. The highest BCUT2D eigenvalue weighted by Crippen LogP contribution is 2.16. The Hall–Kier alpha value is -0.610. The van der Waals surface area contributed by atoms with E-state index in [2.05, 4.69) is 10.6 Å². The van der Waals surface area contributed by atoms with Gasteiger partial charge >= 0.3 is 0 Å². The SMILES string of the molecule is O=C(CCC1CCCO1)NCC1CNC1. The highest BCUT2D eigenvalue weighted by Gasteiger charge is 2.19. The minimum Gasteiger partial charge on any atom is -0.378 e. The van der Waals surface area contributed by atoms with Gasteiger partial charge in [0.25, 0.3) is 0 Å². The van der Waals surface area contributed by atoms with Gasteiger partial charge in [0.2, 0.25) is 5.91 Å². The maximum Gasteiger partial charge on any atom is 0.220 e. The maximum atomic E-state index is 11.5. The molecule has 1 amide bonds. The smallest absolute Gasteiger partial charge is 0.220 e. The van der Waals surface area contributed by atoms with Crippen molar-refractivity contribution in [2.75, 3.05) is 26.2 Å². The first-order chi connectivity index (χ1) is 7.34. The van der Waals surface area contributed by atoms with E-state index in [1.807, 2.05) is 0 Å². The second-order valence-electron chi connectivity index (χ2n) is 4.50. The number of rotatable bonds is 5. The number of ether oxygens (including phenoxy) is 1. The van der Waals surface area contributed by atoms with E-state index in [0.29, 0.717) is 18.4 Å². The topological polar surface area (TPSA) is 50.4 Å². The second kappa shape index (κ2) is 5.47. The third-order valence-corrected chi connectivity index (χ3v) is 3.17. The molecule has 0 aromatic rings. The van der Waals surface area contributed by atoms with Gasteiger partial charge in [0.05, 0.1) is 6.10 Å². The van der Waals surface area contributed by atoms with E-state index in [9.17, 15) is 4.79 Å². The zero-order valence-corrected chi connectivity index (χ0v) is 9.13. The van der Waals surface area contributed by atoms with Crippen LogP contribution >= 0.6 is 0 Å². The van der Waals surface area contributed by atoms with Crippen molar-refractivity contribution in [3.05, 3.63) is 0 Å². The monoisotopic (exact) mass is 212 g/mol. The van der Waals surface area contributed by atoms with Gasteiger partial charge in [-0.3, -0.25) is 4.79 Å². The first kappa shape index (κ1) is 10.9. The van der Waals surface area contributed by atoms with Crippen molar-refractivity contribution in [3.8, 4) is 0 Å². The van der Waals surface area contributed by atoms with E-state index in [1.54, 1.807) is 0 Å². The lowest BCUT2D eigenvalue weighted by Gasteiger charge is -2.27. The third-order valence-electron chi connectivity index (χ3n) is 3.17. The van der Waals surface area contributed by atoms with Gasteiger partial charge in [-0.25, -0.2) is 0 Å². The molecule has 1 unspecified atom stereocenters. The van der Waals surface area contributed by atoms with Crippen LogP contribution in [0, 0.1) is 5.92 Å². The van der Waals surface area contributed by atoms with Crippen LogP contribution in [0.3, 0.4) is 0 Å². The van der Waals surface area contributed by atoms with Crippen molar-refractivity contribution >= 4 is 5.91 Å². The highest BCUT2D eigenvalue weighted by atomic mass is 16.5. The molecule has 2 heterocycles. The normalized spacial score (nSPS) is 26.3. The summed E-state index contributed by atoms with van der Waals surface area (Å²) < 4.78 is 5.47. The molecular formula is C11H20N2O2. The summed E-state index contributed by atoms with van der Waals surface area (Å²) in [5.74, 6) is 0.828. The van der Waals surface area contributed by atoms with Crippen LogP contribution in [-0.4, -0.2) is 38.3 Å². The molecule has 15 heavy (non-hydrogen) atoms. The largest absolute Gasteiger partial charge is 0.378 e. The van der Waals surface area contributed by atoms with Crippen LogP contribution in [0.1, 0.15) is 25.7 Å². The summed E-state index contributed by atoms with van der Waals surface area (Å²) in [6.45, 7) is 3.80. The van der Waals surface area contributed by atoms with Crippen LogP contribution in [0.5, 0.6) is 0 Å². The molecule has 86 valence electrons. The van der Waals surface area contributed by atoms with E-state index in [0.717, 1.165) is 45.5 Å². The minimum atomic E-state index is 0.178. The molecule has 0 radical (unpaired) electrons. The fourth-order valence-electron chi connectivity index (χ4n) is 2.00. The number of hydrogen-bond donors (Lipinski definition) is 2. The van der Waals surface area contributed by atoms with Gasteiger partial charge < -0.3 is 15.4 Å². The fourth-order valence-corrected chi connectivity index (χ4v) is 2.00. The molecule has 4 heteroatoms. The van der Waals surface area contributed by atoms with Gasteiger partial charge in [0, 0.05) is 38.6 Å². The van der Waals surface area contributed by atoms with Crippen LogP contribution in [0.25, 0.3) is 0 Å². The highest BCUT2D eigenvalue weighted by molar-refractivity contribution is 5.75. The lowest BCUT2D eigenvalue weighted by Crippen LogP contribution is -2.48. The molecule has 0 saturated carbocycles. The van der Waals surface area contributed by atoms with E-state index in [-0.39, 0.29) is 5.91 Å². The van der Waals surface area contributed by atoms with Crippen molar-refractivity contribution < 1.29 is 9.53 Å². The van der Waals surface area contributed by atoms with Crippen LogP contribution < -0.4 is 10.6 Å². The van der Waals surface area contributed by atoms with Gasteiger partial charge in [0.1, 0.15) is 0 Å². The van der Waals surface area contributed by atoms with Crippen molar-refractivity contribution in [2.45, 2.75) is 31.8 Å². The maximum absolute atomic E-state index is 11.5. The summed E-state index contributed by atoms with van der Waals surface area (Å²) in [6.07, 6.45) is 4.11. The molecule has 0 aliphatic carbocycles. The number of carbonyl (C=O) groups is 1. The van der Waals surface area contributed by atoms with Crippen LogP contribution in [0.2, 0.25) is 0 Å². The first-order valence-electron chi connectivity index (χ1n) is 5.93. The molecule has 2 saturated heterocycles. The first-order valence-corrected chi connectivity index (χ1v) is 5.93. The van der Waals surface area contributed by atoms with E-state index in [1.165, 1.54) is 0 Å². The second-order valence-corrected chi connectivity index (χ2v) is 4.50.